The number of rotatable bonds is 5. The van der Waals surface area contributed by atoms with Gasteiger partial charge in [-0.05, 0) is 72.2 Å². The van der Waals surface area contributed by atoms with Crippen LogP contribution in [0.4, 0.5) is 18.9 Å². The minimum atomic E-state index is -4.52. The number of carbonyl (C=O) groups excluding carboxylic acids is 1. The summed E-state index contributed by atoms with van der Waals surface area (Å²) in [5, 5.41) is 11.3. The largest absolute Gasteiger partial charge is 0.416 e. The molecule has 1 fully saturated rings. The number of carbonyl (C=O) groups is 1. The van der Waals surface area contributed by atoms with Crippen LogP contribution in [-0.4, -0.2) is 33.8 Å². The molecular weight excluding hydrogens is 455 g/mol. The molecule has 2 atom stereocenters. The average Bonchev–Trinajstić information content (AvgIpc) is 3.41. The number of fused-ring (bicyclic) bond motifs is 1. The minimum Gasteiger partial charge on any atom is -0.321 e. The van der Waals surface area contributed by atoms with Crippen molar-refractivity contribution in [3.8, 4) is 0 Å². The van der Waals surface area contributed by atoms with Crippen LogP contribution in [0.2, 0.25) is 0 Å². The number of anilines is 1. The lowest BCUT2D eigenvalue weighted by molar-refractivity contribution is -0.138. The minimum absolute atomic E-state index is 0.0261. The van der Waals surface area contributed by atoms with Gasteiger partial charge < -0.3 is 14.8 Å². The van der Waals surface area contributed by atoms with Gasteiger partial charge in [0.1, 0.15) is 12.2 Å². The van der Waals surface area contributed by atoms with E-state index in [0.29, 0.717) is 24.2 Å². The summed E-state index contributed by atoms with van der Waals surface area (Å²) in [6.07, 6.45) is -0.501. The predicted molar refractivity (Wildman–Crippen MR) is 126 cm³/mol. The van der Waals surface area contributed by atoms with Crippen LogP contribution in [0.5, 0.6) is 0 Å². The topological polar surface area (TPSA) is 63.1 Å². The van der Waals surface area contributed by atoms with E-state index in [1.54, 1.807) is 18.5 Å². The van der Waals surface area contributed by atoms with Gasteiger partial charge in [-0.1, -0.05) is 19.1 Å². The average molecular weight is 484 g/mol. The van der Waals surface area contributed by atoms with Crippen molar-refractivity contribution in [1.29, 1.82) is 0 Å². The molecular formula is C26H28F3N5O. The van der Waals surface area contributed by atoms with E-state index in [1.807, 2.05) is 29.8 Å². The first-order chi connectivity index (χ1) is 16.7. The molecule has 1 N–H and O–H groups in total. The molecule has 184 valence electrons. The van der Waals surface area contributed by atoms with Crippen LogP contribution in [-0.2, 0) is 26.2 Å². The number of nitrogens with one attached hydrogen (secondary N) is 1. The molecule has 1 saturated heterocycles. The molecule has 0 bridgehead atoms. The number of aromatic nitrogens is 3. The number of aryl methyl sites for hydroxylation is 1. The van der Waals surface area contributed by atoms with Gasteiger partial charge in [-0.25, -0.2) is 0 Å². The first kappa shape index (κ1) is 23.5. The number of piperidine rings is 1. The molecule has 0 aliphatic carbocycles. The fourth-order valence-corrected chi connectivity index (χ4v) is 5.15. The van der Waals surface area contributed by atoms with Crippen molar-refractivity contribution in [2.24, 2.45) is 7.05 Å². The first-order valence-corrected chi connectivity index (χ1v) is 11.9. The molecule has 1 unspecified atom stereocenters. The summed E-state index contributed by atoms with van der Waals surface area (Å²) in [5.41, 5.74) is 1.70. The Bertz CT molecular complexity index is 1250. The summed E-state index contributed by atoms with van der Waals surface area (Å²) in [7, 11) is 1.88. The van der Waals surface area contributed by atoms with Gasteiger partial charge in [-0.3, -0.25) is 4.79 Å². The van der Waals surface area contributed by atoms with Crippen LogP contribution < -0.4 is 10.2 Å². The predicted octanol–water partition coefficient (Wildman–Crippen LogP) is 4.81. The third-order valence-corrected chi connectivity index (χ3v) is 7.18. The molecule has 9 heteroatoms. The van der Waals surface area contributed by atoms with Crippen LogP contribution in [0.25, 0.3) is 0 Å². The molecule has 0 spiro atoms. The molecule has 0 saturated carbocycles. The highest BCUT2D eigenvalue weighted by Crippen LogP contribution is 2.41. The summed E-state index contributed by atoms with van der Waals surface area (Å²) >= 11 is 0. The highest BCUT2D eigenvalue weighted by atomic mass is 19.4. The lowest BCUT2D eigenvalue weighted by Crippen LogP contribution is -2.28. The van der Waals surface area contributed by atoms with E-state index in [4.69, 9.17) is 0 Å². The number of alkyl halides is 3. The molecule has 3 heterocycles. The monoisotopic (exact) mass is 483 g/mol. The Morgan fingerprint density at radius 3 is 2.74 bits per heavy atom. The van der Waals surface area contributed by atoms with Crippen LogP contribution >= 0.6 is 0 Å². The second kappa shape index (κ2) is 9.11. The smallest absolute Gasteiger partial charge is 0.321 e. The lowest BCUT2D eigenvalue weighted by atomic mass is 9.87. The highest BCUT2D eigenvalue weighted by molar-refractivity contribution is 6.10. The number of nitrogens with zero attached hydrogens (tertiary/aromatic N) is 4. The van der Waals surface area contributed by atoms with Gasteiger partial charge >= 0.3 is 6.18 Å². The van der Waals surface area contributed by atoms with Gasteiger partial charge in [-0.2, -0.15) is 13.2 Å². The molecule has 0 radical (unpaired) electrons. The summed E-state index contributed by atoms with van der Waals surface area (Å²) < 4.78 is 44.1. The van der Waals surface area contributed by atoms with Gasteiger partial charge in [0.25, 0.3) is 5.91 Å². The summed E-state index contributed by atoms with van der Waals surface area (Å²) in [6.45, 7) is 3.46. The normalized spacial score (nSPS) is 19.2. The fourth-order valence-electron chi connectivity index (χ4n) is 5.15. The molecule has 6 nitrogen and oxygen atoms in total. The maximum Gasteiger partial charge on any atom is 0.416 e. The van der Waals surface area contributed by atoms with Crippen molar-refractivity contribution in [2.45, 2.75) is 50.7 Å². The molecule has 3 aromatic rings. The molecule has 1 amide bonds. The van der Waals surface area contributed by atoms with Crippen LogP contribution in [0, 0.1) is 0 Å². The molecule has 2 aromatic carbocycles. The van der Waals surface area contributed by atoms with E-state index >= 15 is 0 Å². The second-order valence-electron chi connectivity index (χ2n) is 9.59. The highest BCUT2D eigenvalue weighted by Gasteiger charge is 2.41. The molecule has 2 aliphatic rings. The lowest BCUT2D eigenvalue weighted by Gasteiger charge is -2.24. The molecule has 35 heavy (non-hydrogen) atoms. The second-order valence-corrected chi connectivity index (χ2v) is 9.59. The van der Waals surface area contributed by atoms with Gasteiger partial charge in [-0.15, -0.1) is 10.2 Å². The van der Waals surface area contributed by atoms with Gasteiger partial charge in [0.05, 0.1) is 12.1 Å². The van der Waals surface area contributed by atoms with E-state index in [2.05, 4.69) is 22.4 Å². The SMILES string of the molecule is CC(Cc1nncn1C)c1cccc(N2Cc3c(cc([C@H]4CCCNC4)cc3C(F)(F)F)C2=O)c1. The van der Waals surface area contributed by atoms with Gasteiger partial charge in [0.2, 0.25) is 0 Å². The van der Waals surface area contributed by atoms with Crippen molar-refractivity contribution in [1.82, 2.24) is 20.1 Å². The summed E-state index contributed by atoms with van der Waals surface area (Å²) in [4.78, 5) is 14.9. The van der Waals surface area contributed by atoms with Gasteiger partial charge in [0, 0.05) is 31.3 Å². The van der Waals surface area contributed by atoms with Crippen LogP contribution in [0.1, 0.15) is 70.0 Å². The number of hydrogen-bond donors (Lipinski definition) is 1. The van der Waals surface area contributed by atoms with Crippen molar-refractivity contribution < 1.29 is 18.0 Å². The van der Waals surface area contributed by atoms with E-state index in [1.165, 1.54) is 11.0 Å². The molecule has 5 rings (SSSR count). The Morgan fingerprint density at radius 2 is 2.06 bits per heavy atom. The van der Waals surface area contributed by atoms with E-state index in [0.717, 1.165) is 30.8 Å². The Kier molecular flexibility index (Phi) is 6.13. The zero-order valence-electron chi connectivity index (χ0n) is 19.8. The molecule has 2 aliphatic heterocycles. The maximum atomic E-state index is 14.1. The zero-order valence-corrected chi connectivity index (χ0v) is 19.8. The van der Waals surface area contributed by atoms with E-state index in [-0.39, 0.29) is 35.4 Å². The van der Waals surface area contributed by atoms with Gasteiger partial charge in [0.15, 0.2) is 0 Å². The third-order valence-electron chi connectivity index (χ3n) is 7.18. The molecule has 1 aromatic heterocycles. The number of benzene rings is 2. The fraction of sp³-hybridized carbons (Fsp3) is 0.423. The van der Waals surface area contributed by atoms with Crippen molar-refractivity contribution in [3.63, 3.8) is 0 Å². The van der Waals surface area contributed by atoms with Crippen molar-refractivity contribution in [3.05, 3.63) is 76.4 Å². The van der Waals surface area contributed by atoms with Crippen molar-refractivity contribution >= 4 is 11.6 Å². The Balaban J connectivity index is 1.46. The maximum absolute atomic E-state index is 14.1. The number of halogens is 3. The zero-order chi connectivity index (χ0) is 24.7. The number of hydrogen-bond acceptors (Lipinski definition) is 4. The van der Waals surface area contributed by atoms with E-state index < -0.39 is 11.7 Å². The summed E-state index contributed by atoms with van der Waals surface area (Å²) in [6, 6.07) is 10.4. The van der Waals surface area contributed by atoms with Crippen LogP contribution in [0.3, 0.4) is 0 Å². The Hall–Kier alpha value is -3.20. The standard InChI is InChI=1S/C26H28F3N5O/c1-16(9-24-32-31-15-33(24)2)17-5-3-7-20(10-17)34-14-22-21(25(34)35)11-19(12-23(22)26(27,28)29)18-6-4-8-30-13-18/h3,5,7,10-12,15-16,18,30H,4,6,8-9,13-14H2,1-2H3/t16?,18-/m0/s1. The Morgan fingerprint density at radius 1 is 1.23 bits per heavy atom. The van der Waals surface area contributed by atoms with E-state index in [9.17, 15) is 18.0 Å². The van der Waals surface area contributed by atoms with Crippen LogP contribution in [0.15, 0.2) is 42.7 Å². The summed E-state index contributed by atoms with van der Waals surface area (Å²) in [5.74, 6) is 0.525. The Labute approximate surface area is 202 Å². The van der Waals surface area contributed by atoms with Crippen molar-refractivity contribution in [2.75, 3.05) is 18.0 Å². The third kappa shape index (κ3) is 4.57. The number of amides is 1. The quantitative estimate of drug-likeness (QED) is 0.566. The first-order valence-electron chi connectivity index (χ1n) is 11.9.